The zero-order valence-corrected chi connectivity index (χ0v) is 8.41. The summed E-state index contributed by atoms with van der Waals surface area (Å²) in [7, 11) is 0. The minimum absolute atomic E-state index is 0.157. The van der Waals surface area contributed by atoms with Crippen LogP contribution >= 0.6 is 0 Å². The predicted octanol–water partition coefficient (Wildman–Crippen LogP) is 0.949. The van der Waals surface area contributed by atoms with Crippen molar-refractivity contribution in [2.24, 2.45) is 11.7 Å². The third-order valence-electron chi connectivity index (χ3n) is 3.31. The van der Waals surface area contributed by atoms with Crippen LogP contribution in [-0.2, 0) is 4.79 Å². The van der Waals surface area contributed by atoms with Gasteiger partial charge < -0.3 is 11.1 Å². The molecule has 0 aromatic heterocycles. The summed E-state index contributed by atoms with van der Waals surface area (Å²) in [4.78, 5) is 11.3. The monoisotopic (exact) mass is 194 g/mol. The number of allylic oxidation sites excluding steroid dienone is 2. The Kier molecular flexibility index (Phi) is 2.87. The summed E-state index contributed by atoms with van der Waals surface area (Å²) < 4.78 is 0. The molecule has 78 valence electrons. The van der Waals surface area contributed by atoms with Gasteiger partial charge >= 0.3 is 0 Å². The highest BCUT2D eigenvalue weighted by atomic mass is 16.1. The second-order valence-electron chi connectivity index (χ2n) is 4.34. The number of nitrogens with two attached hydrogens (primary N) is 1. The summed E-state index contributed by atoms with van der Waals surface area (Å²) in [6.07, 6.45) is 9.23. The van der Waals surface area contributed by atoms with E-state index in [1.54, 1.807) is 0 Å². The number of hydrogen-bond donors (Lipinski definition) is 2. The van der Waals surface area contributed by atoms with Crippen LogP contribution < -0.4 is 11.1 Å². The number of carbonyl (C=O) groups excluding carboxylic acids is 1. The highest BCUT2D eigenvalue weighted by Gasteiger charge is 2.31. The van der Waals surface area contributed by atoms with Gasteiger partial charge in [0.25, 0.3) is 0 Å². The van der Waals surface area contributed by atoms with E-state index in [2.05, 4.69) is 17.5 Å². The Labute approximate surface area is 84.7 Å². The van der Waals surface area contributed by atoms with Crippen molar-refractivity contribution in [1.82, 2.24) is 5.32 Å². The van der Waals surface area contributed by atoms with Crippen molar-refractivity contribution in [3.05, 3.63) is 12.2 Å². The van der Waals surface area contributed by atoms with Crippen LogP contribution in [-0.4, -0.2) is 18.0 Å². The van der Waals surface area contributed by atoms with Crippen LogP contribution in [0.2, 0.25) is 0 Å². The molecule has 2 rings (SSSR count). The zero-order chi connectivity index (χ0) is 9.97. The quantitative estimate of drug-likeness (QED) is 0.611. The second kappa shape index (κ2) is 4.13. The first-order chi connectivity index (χ1) is 6.77. The van der Waals surface area contributed by atoms with Gasteiger partial charge in [-0.1, -0.05) is 12.2 Å². The number of piperidine rings is 1. The molecule has 0 unspecified atom stereocenters. The van der Waals surface area contributed by atoms with Crippen LogP contribution in [0.4, 0.5) is 0 Å². The molecular formula is C11H18N2O. The maximum absolute atomic E-state index is 11.3. The van der Waals surface area contributed by atoms with Crippen molar-refractivity contribution in [2.45, 2.75) is 44.2 Å². The van der Waals surface area contributed by atoms with E-state index in [0.717, 1.165) is 25.7 Å². The molecule has 3 atom stereocenters. The van der Waals surface area contributed by atoms with Gasteiger partial charge in [0.1, 0.15) is 0 Å². The molecule has 3 N–H and O–H groups in total. The van der Waals surface area contributed by atoms with Crippen LogP contribution in [0.3, 0.4) is 0 Å². The molecule has 14 heavy (non-hydrogen) atoms. The van der Waals surface area contributed by atoms with Crippen molar-refractivity contribution < 1.29 is 4.79 Å². The van der Waals surface area contributed by atoms with E-state index in [9.17, 15) is 4.79 Å². The average Bonchev–Trinajstić information content (AvgIpc) is 2.23. The molecule has 0 saturated carbocycles. The van der Waals surface area contributed by atoms with Gasteiger partial charge in [0, 0.05) is 18.5 Å². The highest BCUT2D eigenvalue weighted by Crippen LogP contribution is 2.26. The first kappa shape index (κ1) is 9.71. The molecule has 1 amide bonds. The highest BCUT2D eigenvalue weighted by molar-refractivity contribution is 5.77. The average molecular weight is 194 g/mol. The van der Waals surface area contributed by atoms with Gasteiger partial charge in [-0.25, -0.2) is 0 Å². The third kappa shape index (κ3) is 1.98. The van der Waals surface area contributed by atoms with Crippen molar-refractivity contribution in [3.8, 4) is 0 Å². The van der Waals surface area contributed by atoms with Gasteiger partial charge in [-0.05, 0) is 31.6 Å². The van der Waals surface area contributed by atoms with Crippen LogP contribution in [0, 0.1) is 5.92 Å². The molecule has 2 aliphatic rings. The molecule has 0 bridgehead atoms. The minimum Gasteiger partial charge on any atom is -0.352 e. The van der Waals surface area contributed by atoms with E-state index in [-0.39, 0.29) is 18.0 Å². The van der Waals surface area contributed by atoms with Crippen molar-refractivity contribution >= 4 is 5.91 Å². The molecule has 3 nitrogen and oxygen atoms in total. The number of carbonyl (C=O) groups is 1. The Morgan fingerprint density at radius 2 is 2.21 bits per heavy atom. The summed E-state index contributed by atoms with van der Waals surface area (Å²) in [6.45, 7) is 0. The topological polar surface area (TPSA) is 55.1 Å². The Morgan fingerprint density at radius 3 is 2.93 bits per heavy atom. The number of nitrogens with one attached hydrogen (secondary N) is 1. The van der Waals surface area contributed by atoms with Crippen LogP contribution in [0.1, 0.15) is 32.1 Å². The van der Waals surface area contributed by atoms with Crippen molar-refractivity contribution in [1.29, 1.82) is 0 Å². The van der Waals surface area contributed by atoms with E-state index < -0.39 is 0 Å². The lowest BCUT2D eigenvalue weighted by Crippen LogP contribution is -2.55. The first-order valence-corrected chi connectivity index (χ1v) is 5.47. The standard InChI is InChI=1S/C11H18N2O/c12-9-6-7-10(14)13-11(9)8-4-2-1-3-5-8/h1-2,8-9,11H,3-7,12H2,(H,13,14)/t8-,9+,11-/m0/s1. The lowest BCUT2D eigenvalue weighted by atomic mass is 9.81. The molecular weight excluding hydrogens is 176 g/mol. The summed E-state index contributed by atoms with van der Waals surface area (Å²) >= 11 is 0. The minimum atomic E-state index is 0.157. The Hall–Kier alpha value is -0.830. The predicted molar refractivity (Wildman–Crippen MR) is 55.6 cm³/mol. The van der Waals surface area contributed by atoms with Gasteiger partial charge in [-0.3, -0.25) is 4.79 Å². The third-order valence-corrected chi connectivity index (χ3v) is 3.31. The Balaban J connectivity index is 2.00. The summed E-state index contributed by atoms with van der Waals surface area (Å²) in [5.41, 5.74) is 6.03. The molecule has 1 fully saturated rings. The molecule has 1 saturated heterocycles. The van der Waals surface area contributed by atoms with Gasteiger partial charge in [-0.2, -0.15) is 0 Å². The van der Waals surface area contributed by atoms with Crippen LogP contribution in [0.5, 0.6) is 0 Å². The van der Waals surface area contributed by atoms with E-state index in [1.807, 2.05) is 0 Å². The number of rotatable bonds is 1. The molecule has 0 aromatic carbocycles. The van der Waals surface area contributed by atoms with Crippen molar-refractivity contribution in [3.63, 3.8) is 0 Å². The van der Waals surface area contributed by atoms with Gasteiger partial charge in [0.15, 0.2) is 0 Å². The summed E-state index contributed by atoms with van der Waals surface area (Å²) in [5.74, 6) is 0.727. The molecule has 1 aliphatic carbocycles. The van der Waals surface area contributed by atoms with Gasteiger partial charge in [-0.15, -0.1) is 0 Å². The Bertz CT molecular complexity index is 250. The van der Waals surface area contributed by atoms with Gasteiger partial charge in [0.05, 0.1) is 0 Å². The summed E-state index contributed by atoms with van der Waals surface area (Å²) in [5, 5.41) is 3.04. The second-order valence-corrected chi connectivity index (χ2v) is 4.34. The van der Waals surface area contributed by atoms with E-state index >= 15 is 0 Å². The maximum Gasteiger partial charge on any atom is 0.220 e. The fourth-order valence-electron chi connectivity index (χ4n) is 2.45. The molecule has 3 heteroatoms. The smallest absolute Gasteiger partial charge is 0.220 e. The first-order valence-electron chi connectivity index (χ1n) is 5.47. The lowest BCUT2D eigenvalue weighted by molar-refractivity contribution is -0.124. The van der Waals surface area contributed by atoms with E-state index in [0.29, 0.717) is 12.3 Å². The molecule has 1 heterocycles. The zero-order valence-electron chi connectivity index (χ0n) is 8.41. The lowest BCUT2D eigenvalue weighted by Gasteiger charge is -2.36. The largest absolute Gasteiger partial charge is 0.352 e. The summed E-state index contributed by atoms with van der Waals surface area (Å²) in [6, 6.07) is 0.366. The fraction of sp³-hybridized carbons (Fsp3) is 0.727. The molecule has 0 radical (unpaired) electrons. The van der Waals surface area contributed by atoms with Crippen LogP contribution in [0.25, 0.3) is 0 Å². The van der Waals surface area contributed by atoms with Crippen LogP contribution in [0.15, 0.2) is 12.2 Å². The van der Waals surface area contributed by atoms with Crippen molar-refractivity contribution in [2.75, 3.05) is 0 Å². The number of hydrogen-bond acceptors (Lipinski definition) is 2. The normalized spacial score (nSPS) is 38.1. The SMILES string of the molecule is N[C@@H]1CCC(=O)N[C@H]1[C@H]1CC=CCC1. The maximum atomic E-state index is 11.3. The van der Waals surface area contributed by atoms with Gasteiger partial charge in [0.2, 0.25) is 5.91 Å². The Morgan fingerprint density at radius 1 is 1.36 bits per heavy atom. The molecule has 1 aliphatic heterocycles. The van der Waals surface area contributed by atoms with E-state index in [4.69, 9.17) is 5.73 Å². The molecule has 0 aromatic rings. The number of amides is 1. The molecule has 0 spiro atoms. The fourth-order valence-corrected chi connectivity index (χ4v) is 2.45. The van der Waals surface area contributed by atoms with E-state index in [1.165, 1.54) is 0 Å².